The zero-order valence-corrected chi connectivity index (χ0v) is 13.9. The highest BCUT2D eigenvalue weighted by molar-refractivity contribution is 5.99. The molecule has 3 aromatic rings. The number of aromatic nitrogens is 5. The maximum Gasteiger partial charge on any atom is 0.220 e. The van der Waals surface area contributed by atoms with Gasteiger partial charge in [-0.2, -0.15) is 0 Å². The molecule has 126 valence electrons. The van der Waals surface area contributed by atoms with Crippen molar-refractivity contribution in [3.8, 4) is 0 Å². The molecule has 0 aromatic carbocycles. The van der Waals surface area contributed by atoms with Crippen LogP contribution in [0.5, 0.6) is 0 Å². The Morgan fingerprint density at radius 3 is 2.88 bits per heavy atom. The number of hydrogen-bond donors (Lipinski definition) is 1. The predicted molar refractivity (Wildman–Crippen MR) is 92.1 cm³/mol. The third kappa shape index (κ3) is 2.88. The summed E-state index contributed by atoms with van der Waals surface area (Å²) < 4.78 is 2.04. The number of anilines is 1. The second kappa shape index (κ2) is 6.08. The van der Waals surface area contributed by atoms with Crippen molar-refractivity contribution >= 4 is 11.7 Å². The van der Waals surface area contributed by atoms with Crippen molar-refractivity contribution < 1.29 is 4.79 Å². The van der Waals surface area contributed by atoms with E-state index < -0.39 is 0 Å². The fourth-order valence-corrected chi connectivity index (χ4v) is 3.46. The van der Waals surface area contributed by atoms with Gasteiger partial charge in [-0.25, -0.2) is 15.0 Å². The molecule has 25 heavy (non-hydrogen) atoms. The molecule has 4 rings (SSSR count). The number of aryl methyl sites for hydroxylation is 1. The summed E-state index contributed by atoms with van der Waals surface area (Å²) in [5.41, 5.74) is 8.71. The molecule has 1 aliphatic carbocycles. The molecule has 0 radical (unpaired) electrons. The molecule has 1 unspecified atom stereocenters. The molecule has 0 spiro atoms. The topological polar surface area (TPSA) is 99.6 Å². The Labute approximate surface area is 145 Å². The van der Waals surface area contributed by atoms with Gasteiger partial charge in [0.05, 0.1) is 29.2 Å². The van der Waals surface area contributed by atoms with Crippen molar-refractivity contribution in [2.24, 2.45) is 0 Å². The number of ketones is 1. The lowest BCUT2D eigenvalue weighted by atomic mass is 9.84. The molecule has 3 heterocycles. The van der Waals surface area contributed by atoms with Crippen LogP contribution in [0.2, 0.25) is 0 Å². The summed E-state index contributed by atoms with van der Waals surface area (Å²) in [6, 6.07) is 5.83. The van der Waals surface area contributed by atoms with Gasteiger partial charge in [0.2, 0.25) is 5.95 Å². The Morgan fingerprint density at radius 1 is 1.20 bits per heavy atom. The second-order valence-electron chi connectivity index (χ2n) is 6.25. The summed E-state index contributed by atoms with van der Waals surface area (Å²) in [6.07, 6.45) is 6.49. The molecular formula is C18H18N6O. The van der Waals surface area contributed by atoms with Crippen LogP contribution in [0.4, 0.5) is 5.95 Å². The molecule has 0 fully saturated rings. The maximum atomic E-state index is 12.6. The number of rotatable bonds is 3. The van der Waals surface area contributed by atoms with E-state index in [4.69, 9.17) is 5.73 Å². The molecule has 0 saturated carbocycles. The predicted octanol–water partition coefficient (Wildman–Crippen LogP) is 1.92. The largest absolute Gasteiger partial charge is 0.368 e. The molecular weight excluding hydrogens is 316 g/mol. The highest BCUT2D eigenvalue weighted by Crippen LogP contribution is 2.32. The minimum atomic E-state index is -0.0209. The van der Waals surface area contributed by atoms with Gasteiger partial charge in [0.15, 0.2) is 5.78 Å². The van der Waals surface area contributed by atoms with Gasteiger partial charge < -0.3 is 10.3 Å². The number of imidazole rings is 1. The van der Waals surface area contributed by atoms with E-state index in [2.05, 4.69) is 19.9 Å². The summed E-state index contributed by atoms with van der Waals surface area (Å²) in [6.45, 7) is 2.43. The highest BCUT2D eigenvalue weighted by atomic mass is 16.1. The minimum Gasteiger partial charge on any atom is -0.368 e. The quantitative estimate of drug-likeness (QED) is 0.785. The summed E-state index contributed by atoms with van der Waals surface area (Å²) in [7, 11) is 0. The summed E-state index contributed by atoms with van der Waals surface area (Å²) >= 11 is 0. The Balaban J connectivity index is 1.66. The number of pyridine rings is 1. The first-order valence-corrected chi connectivity index (χ1v) is 8.19. The number of nitrogen functional groups attached to an aromatic ring is 1. The third-order valence-electron chi connectivity index (χ3n) is 4.50. The fourth-order valence-electron chi connectivity index (χ4n) is 3.46. The molecule has 1 atom stereocenters. The first-order valence-electron chi connectivity index (χ1n) is 8.19. The first-order chi connectivity index (χ1) is 12.1. The van der Waals surface area contributed by atoms with Crippen LogP contribution in [0.1, 0.15) is 45.6 Å². The van der Waals surface area contributed by atoms with E-state index in [-0.39, 0.29) is 17.6 Å². The normalized spacial score (nSPS) is 16.7. The van der Waals surface area contributed by atoms with Gasteiger partial charge in [-0.05, 0) is 19.1 Å². The van der Waals surface area contributed by atoms with E-state index in [1.165, 1.54) is 0 Å². The van der Waals surface area contributed by atoms with Crippen molar-refractivity contribution in [3.63, 3.8) is 0 Å². The zero-order valence-electron chi connectivity index (χ0n) is 13.9. The zero-order chi connectivity index (χ0) is 17.4. The van der Waals surface area contributed by atoms with Gasteiger partial charge in [0.1, 0.15) is 5.82 Å². The lowest BCUT2D eigenvalue weighted by molar-refractivity contribution is 0.0960. The fraction of sp³-hybridized carbons (Fsp3) is 0.278. The first kappa shape index (κ1) is 15.4. The van der Waals surface area contributed by atoms with Gasteiger partial charge in [-0.3, -0.25) is 9.78 Å². The summed E-state index contributed by atoms with van der Waals surface area (Å²) in [4.78, 5) is 29.9. The Morgan fingerprint density at radius 2 is 2.08 bits per heavy atom. The average Bonchev–Trinajstić information content (AvgIpc) is 3.02. The Bertz CT molecular complexity index is 934. The van der Waals surface area contributed by atoms with Crippen LogP contribution in [0.3, 0.4) is 0 Å². The smallest absolute Gasteiger partial charge is 0.220 e. The number of carbonyl (C=O) groups is 1. The maximum absolute atomic E-state index is 12.6. The van der Waals surface area contributed by atoms with Crippen LogP contribution in [0, 0.1) is 6.92 Å². The van der Waals surface area contributed by atoms with E-state index in [0.717, 1.165) is 17.2 Å². The number of Topliss-reactive ketones (excluding diaryl/α,β-unsaturated/α-hetero) is 1. The van der Waals surface area contributed by atoms with Crippen molar-refractivity contribution in [2.75, 3.05) is 5.73 Å². The molecule has 3 aromatic heterocycles. The van der Waals surface area contributed by atoms with Gasteiger partial charge >= 0.3 is 0 Å². The molecule has 1 aliphatic rings. The van der Waals surface area contributed by atoms with Crippen LogP contribution in [-0.2, 0) is 13.0 Å². The molecule has 7 nitrogen and oxygen atoms in total. The average molecular weight is 334 g/mol. The van der Waals surface area contributed by atoms with Crippen LogP contribution >= 0.6 is 0 Å². The molecule has 2 N–H and O–H groups in total. The number of fused-ring (bicyclic) bond motifs is 1. The van der Waals surface area contributed by atoms with Crippen LogP contribution in [0.25, 0.3) is 0 Å². The molecule has 0 saturated heterocycles. The van der Waals surface area contributed by atoms with E-state index in [9.17, 15) is 4.79 Å². The van der Waals surface area contributed by atoms with Gasteiger partial charge in [0, 0.05) is 37.4 Å². The minimum absolute atomic E-state index is 0.0209. The number of nitrogens with zero attached hydrogens (tertiary/aromatic N) is 5. The summed E-state index contributed by atoms with van der Waals surface area (Å²) in [5.74, 6) is 1.12. The number of nitrogens with two attached hydrogens (primary N) is 1. The van der Waals surface area contributed by atoms with E-state index in [1.807, 2.05) is 29.0 Å². The molecule has 0 amide bonds. The van der Waals surface area contributed by atoms with Crippen molar-refractivity contribution in [3.05, 3.63) is 65.3 Å². The van der Waals surface area contributed by atoms with E-state index >= 15 is 0 Å². The van der Waals surface area contributed by atoms with Crippen LogP contribution in [-0.4, -0.2) is 30.3 Å². The lowest BCUT2D eigenvalue weighted by Gasteiger charge is -2.24. The third-order valence-corrected chi connectivity index (χ3v) is 4.50. The van der Waals surface area contributed by atoms with E-state index in [1.54, 1.807) is 19.3 Å². The molecule has 0 bridgehead atoms. The van der Waals surface area contributed by atoms with Crippen LogP contribution < -0.4 is 5.73 Å². The Kier molecular flexibility index (Phi) is 3.76. The summed E-state index contributed by atoms with van der Waals surface area (Å²) in [5, 5.41) is 0. The SMILES string of the molecule is Cc1nc(N)nc2c1C(=O)CC(c1nccn1Cc1ccccn1)C2. The monoisotopic (exact) mass is 334 g/mol. The standard InChI is InChI=1S/C18H18N6O/c1-11-16-14(23-18(19)22-11)8-12(9-15(16)25)17-21-6-7-24(17)10-13-4-2-3-5-20-13/h2-7,12H,8-10H2,1H3,(H2,19,22,23). The van der Waals surface area contributed by atoms with Gasteiger partial charge in [-0.15, -0.1) is 0 Å². The van der Waals surface area contributed by atoms with Gasteiger partial charge in [-0.1, -0.05) is 6.07 Å². The second-order valence-corrected chi connectivity index (χ2v) is 6.25. The van der Waals surface area contributed by atoms with Crippen molar-refractivity contribution in [1.29, 1.82) is 0 Å². The van der Waals surface area contributed by atoms with Crippen molar-refractivity contribution in [1.82, 2.24) is 24.5 Å². The number of hydrogen-bond acceptors (Lipinski definition) is 6. The molecule has 0 aliphatic heterocycles. The van der Waals surface area contributed by atoms with Crippen molar-refractivity contribution in [2.45, 2.75) is 32.2 Å². The molecule has 7 heteroatoms. The Hall–Kier alpha value is -3.09. The highest BCUT2D eigenvalue weighted by Gasteiger charge is 2.31. The van der Waals surface area contributed by atoms with E-state index in [0.29, 0.717) is 30.6 Å². The lowest BCUT2D eigenvalue weighted by Crippen LogP contribution is -2.25. The van der Waals surface area contributed by atoms with Gasteiger partial charge in [0.25, 0.3) is 0 Å². The number of carbonyl (C=O) groups excluding carboxylic acids is 1. The van der Waals surface area contributed by atoms with Crippen LogP contribution in [0.15, 0.2) is 36.8 Å².